The predicted molar refractivity (Wildman–Crippen MR) is 82.4 cm³/mol. The van der Waals surface area contributed by atoms with Crippen LogP contribution < -0.4 is 0 Å². The molecule has 2 aliphatic rings. The molecule has 1 aromatic carbocycles. The number of aliphatic carboxylic acids is 1. The Labute approximate surface area is 132 Å². The van der Waals surface area contributed by atoms with Crippen molar-refractivity contribution in [1.29, 1.82) is 0 Å². The minimum Gasteiger partial charge on any atom is -0.480 e. The third kappa shape index (κ3) is 2.22. The fraction of sp³-hybridized carbons (Fsp3) is 0.438. The van der Waals surface area contributed by atoms with Crippen LogP contribution in [-0.4, -0.2) is 43.8 Å². The average molecular weight is 319 g/mol. The van der Waals surface area contributed by atoms with E-state index in [0.29, 0.717) is 0 Å². The molecule has 6 heteroatoms. The van der Waals surface area contributed by atoms with Crippen LogP contribution in [0.3, 0.4) is 0 Å². The van der Waals surface area contributed by atoms with Crippen LogP contribution in [0.1, 0.15) is 19.4 Å². The number of carbonyl (C=O) groups is 3. The lowest BCUT2D eigenvalue weighted by molar-refractivity contribution is -0.166. The molecule has 0 aliphatic carbocycles. The lowest BCUT2D eigenvalue weighted by Crippen LogP contribution is -2.64. The minimum absolute atomic E-state index is 0.133. The summed E-state index contributed by atoms with van der Waals surface area (Å²) in [5.74, 6) is -2.21. The summed E-state index contributed by atoms with van der Waals surface area (Å²) in [5.41, 5.74) is 0.871. The van der Waals surface area contributed by atoms with Crippen molar-refractivity contribution in [2.24, 2.45) is 5.92 Å². The molecule has 22 heavy (non-hydrogen) atoms. The lowest BCUT2D eigenvalue weighted by atomic mass is 9.86. The molecule has 0 saturated carbocycles. The molecule has 1 N–H and O–H groups in total. The van der Waals surface area contributed by atoms with Gasteiger partial charge < -0.3 is 10.0 Å². The highest BCUT2D eigenvalue weighted by atomic mass is 32.2. The monoisotopic (exact) mass is 319 g/mol. The molecule has 0 aromatic heterocycles. The summed E-state index contributed by atoms with van der Waals surface area (Å²) >= 11 is 1.41. The van der Waals surface area contributed by atoms with Gasteiger partial charge in [-0.1, -0.05) is 30.3 Å². The number of benzene rings is 1. The maximum Gasteiger partial charge on any atom is 0.327 e. The van der Waals surface area contributed by atoms with Gasteiger partial charge in [0.25, 0.3) is 0 Å². The van der Waals surface area contributed by atoms with Crippen molar-refractivity contribution in [3.63, 3.8) is 0 Å². The van der Waals surface area contributed by atoms with Gasteiger partial charge in [0.2, 0.25) is 5.91 Å². The number of thioether (sulfide) groups is 1. The smallest absolute Gasteiger partial charge is 0.327 e. The Morgan fingerprint density at radius 2 is 1.91 bits per heavy atom. The fourth-order valence-corrected chi connectivity index (χ4v) is 4.93. The third-order valence-electron chi connectivity index (χ3n) is 4.24. The zero-order valence-corrected chi connectivity index (χ0v) is 13.2. The van der Waals surface area contributed by atoms with E-state index in [-0.39, 0.29) is 23.5 Å². The second-order valence-electron chi connectivity index (χ2n) is 6.20. The standard InChI is InChI=1S/C16H17NO4S/c1-16(2)12(15(20)21)17-13(19)11(14(17)22-16)10(18)8-9-6-4-3-5-7-9/h3-7,11-12,14H,8H2,1-2H3,(H,20,21)/t11?,12-,14+/m0/s1. The van der Waals surface area contributed by atoms with Crippen molar-refractivity contribution in [3.05, 3.63) is 35.9 Å². The Morgan fingerprint density at radius 3 is 2.50 bits per heavy atom. The summed E-state index contributed by atoms with van der Waals surface area (Å²) < 4.78 is -0.589. The zero-order valence-electron chi connectivity index (χ0n) is 12.4. The first-order valence-electron chi connectivity index (χ1n) is 7.12. The Hall–Kier alpha value is -1.82. The van der Waals surface area contributed by atoms with Crippen LogP contribution >= 0.6 is 11.8 Å². The van der Waals surface area contributed by atoms with E-state index in [1.54, 1.807) is 13.8 Å². The normalized spacial score (nSPS) is 28.9. The highest BCUT2D eigenvalue weighted by molar-refractivity contribution is 8.01. The highest BCUT2D eigenvalue weighted by Gasteiger charge is 2.65. The Morgan fingerprint density at radius 1 is 1.27 bits per heavy atom. The summed E-state index contributed by atoms with van der Waals surface area (Å²) in [6, 6.07) is 8.42. The molecule has 2 fully saturated rings. The van der Waals surface area contributed by atoms with Crippen molar-refractivity contribution in [2.45, 2.75) is 36.4 Å². The van der Waals surface area contributed by atoms with Gasteiger partial charge in [-0.3, -0.25) is 9.59 Å². The van der Waals surface area contributed by atoms with Gasteiger partial charge in [-0.25, -0.2) is 4.79 Å². The van der Waals surface area contributed by atoms with Gasteiger partial charge in [0, 0.05) is 11.2 Å². The van der Waals surface area contributed by atoms with Gasteiger partial charge in [-0.15, -0.1) is 11.8 Å². The van der Waals surface area contributed by atoms with E-state index < -0.39 is 22.7 Å². The van der Waals surface area contributed by atoms with Gasteiger partial charge in [-0.05, 0) is 19.4 Å². The molecule has 0 spiro atoms. The first-order valence-corrected chi connectivity index (χ1v) is 8.00. The van der Waals surface area contributed by atoms with E-state index in [1.165, 1.54) is 16.7 Å². The maximum atomic E-state index is 12.4. The molecule has 3 rings (SSSR count). The minimum atomic E-state index is -1.01. The van der Waals surface area contributed by atoms with Crippen molar-refractivity contribution in [1.82, 2.24) is 4.90 Å². The number of fused-ring (bicyclic) bond motifs is 1. The Kier molecular flexibility index (Phi) is 3.51. The number of β-lactam (4-membered cyclic amide) rings is 1. The molecule has 2 aliphatic heterocycles. The number of Topliss-reactive ketones (excluding diaryl/α,β-unsaturated/α-hetero) is 1. The first kappa shape index (κ1) is 15.1. The molecule has 3 atom stereocenters. The number of carboxylic acid groups (broad SMARTS) is 1. The van der Waals surface area contributed by atoms with E-state index in [4.69, 9.17) is 0 Å². The third-order valence-corrected chi connectivity index (χ3v) is 5.81. The van der Waals surface area contributed by atoms with Crippen molar-refractivity contribution in [3.8, 4) is 0 Å². The number of rotatable bonds is 4. The number of hydrogen-bond donors (Lipinski definition) is 1. The predicted octanol–water partition coefficient (Wildman–Crippen LogP) is 1.56. The Bertz CT molecular complexity index is 643. The molecule has 2 heterocycles. The molecule has 0 bridgehead atoms. The molecule has 116 valence electrons. The van der Waals surface area contributed by atoms with Crippen LogP contribution in [0.25, 0.3) is 0 Å². The summed E-state index contributed by atoms with van der Waals surface area (Å²) in [6.45, 7) is 3.61. The summed E-state index contributed by atoms with van der Waals surface area (Å²) in [6.07, 6.45) is 0.209. The van der Waals surface area contributed by atoms with Crippen molar-refractivity contribution < 1.29 is 19.5 Å². The second kappa shape index (κ2) is 5.12. The van der Waals surface area contributed by atoms with Crippen LogP contribution in [0.15, 0.2) is 30.3 Å². The lowest BCUT2D eigenvalue weighted by Gasteiger charge is -2.42. The molecule has 2 saturated heterocycles. The van der Waals surface area contributed by atoms with Gasteiger partial charge in [0.05, 0.1) is 5.37 Å². The van der Waals surface area contributed by atoms with Crippen LogP contribution in [-0.2, 0) is 20.8 Å². The molecular weight excluding hydrogens is 302 g/mol. The van der Waals surface area contributed by atoms with Gasteiger partial charge in [0.1, 0.15) is 12.0 Å². The van der Waals surface area contributed by atoms with Crippen LogP contribution in [0.4, 0.5) is 0 Å². The molecule has 0 radical (unpaired) electrons. The van der Waals surface area contributed by atoms with Crippen molar-refractivity contribution in [2.75, 3.05) is 0 Å². The Balaban J connectivity index is 1.77. The van der Waals surface area contributed by atoms with Crippen LogP contribution in [0.5, 0.6) is 0 Å². The fourth-order valence-electron chi connectivity index (χ4n) is 3.22. The summed E-state index contributed by atoms with van der Waals surface area (Å²) in [5, 5.41) is 9.01. The number of hydrogen-bond acceptors (Lipinski definition) is 4. The molecule has 5 nitrogen and oxygen atoms in total. The van der Waals surface area contributed by atoms with E-state index in [9.17, 15) is 19.5 Å². The van der Waals surface area contributed by atoms with E-state index in [0.717, 1.165) is 5.56 Å². The molecule has 1 unspecified atom stereocenters. The van der Waals surface area contributed by atoms with E-state index in [1.807, 2.05) is 30.3 Å². The van der Waals surface area contributed by atoms with E-state index in [2.05, 4.69) is 0 Å². The van der Waals surface area contributed by atoms with Crippen LogP contribution in [0.2, 0.25) is 0 Å². The average Bonchev–Trinajstić information content (AvgIpc) is 2.68. The second-order valence-corrected chi connectivity index (χ2v) is 7.98. The number of ketones is 1. The van der Waals surface area contributed by atoms with Gasteiger partial charge >= 0.3 is 5.97 Å². The molecular formula is C16H17NO4S. The largest absolute Gasteiger partial charge is 0.480 e. The summed E-state index contributed by atoms with van der Waals surface area (Å²) in [4.78, 5) is 37.5. The number of nitrogens with zero attached hydrogens (tertiary/aromatic N) is 1. The topological polar surface area (TPSA) is 74.7 Å². The van der Waals surface area contributed by atoms with Gasteiger partial charge in [0.15, 0.2) is 5.78 Å². The zero-order chi connectivity index (χ0) is 16.1. The van der Waals surface area contributed by atoms with Crippen LogP contribution in [0, 0.1) is 5.92 Å². The number of amides is 1. The number of carbonyl (C=O) groups excluding carboxylic acids is 2. The summed E-state index contributed by atoms with van der Waals surface area (Å²) in [7, 11) is 0. The van der Waals surface area contributed by atoms with E-state index >= 15 is 0 Å². The molecule has 1 aromatic rings. The first-order chi connectivity index (χ1) is 10.3. The quantitative estimate of drug-likeness (QED) is 0.673. The molecule has 1 amide bonds. The SMILES string of the molecule is CC1(C)S[C@@H]2C(C(=O)Cc3ccccc3)C(=O)N2[C@H]1C(=O)O. The number of carboxylic acids is 1. The highest BCUT2D eigenvalue weighted by Crippen LogP contribution is 2.53. The van der Waals surface area contributed by atoms with Crippen molar-refractivity contribution >= 4 is 29.4 Å². The maximum absolute atomic E-state index is 12.4. The van der Waals surface area contributed by atoms with Gasteiger partial charge in [-0.2, -0.15) is 0 Å².